The average molecular weight is 338 g/mol. The fourth-order valence-electron chi connectivity index (χ4n) is 1.99. The Morgan fingerprint density at radius 3 is 2.61 bits per heavy atom. The van der Waals surface area contributed by atoms with Gasteiger partial charge in [0.15, 0.2) is 11.7 Å². The van der Waals surface area contributed by atoms with E-state index in [1.807, 2.05) is 12.1 Å². The van der Waals surface area contributed by atoms with Crippen LogP contribution in [0.5, 0.6) is 0 Å². The van der Waals surface area contributed by atoms with Gasteiger partial charge in [-0.25, -0.2) is 14.3 Å². The van der Waals surface area contributed by atoms with Crippen LogP contribution >= 0.6 is 11.6 Å². The second-order valence-electron chi connectivity index (χ2n) is 4.67. The summed E-state index contributed by atoms with van der Waals surface area (Å²) in [6.07, 6.45) is 1.70. The van der Waals surface area contributed by atoms with Crippen LogP contribution in [-0.4, -0.2) is 40.6 Å². The predicted molar refractivity (Wildman–Crippen MR) is 82.2 cm³/mol. The molecular weight excluding hydrogens is 322 g/mol. The van der Waals surface area contributed by atoms with Crippen molar-refractivity contribution in [3.8, 4) is 0 Å². The minimum absolute atomic E-state index is 0.0388. The van der Waals surface area contributed by atoms with Crippen molar-refractivity contribution in [1.29, 1.82) is 0 Å². The normalized spacial score (nSPS) is 11.8. The first-order valence-corrected chi connectivity index (χ1v) is 7.34. The number of methoxy groups -OCH3 is 1. The minimum atomic E-state index is -0.739. The monoisotopic (exact) mass is 337 g/mol. The molecule has 0 fully saturated rings. The number of carbonyl (C=O) groups is 2. The summed E-state index contributed by atoms with van der Waals surface area (Å²) >= 11 is 5.85. The van der Waals surface area contributed by atoms with Gasteiger partial charge in [0, 0.05) is 11.4 Å². The molecule has 0 radical (unpaired) electrons. The zero-order valence-corrected chi connectivity index (χ0v) is 13.5. The first kappa shape index (κ1) is 17.0. The Labute approximate surface area is 138 Å². The van der Waals surface area contributed by atoms with Crippen molar-refractivity contribution in [1.82, 2.24) is 15.0 Å². The molecule has 0 saturated carbocycles. The van der Waals surface area contributed by atoms with E-state index in [4.69, 9.17) is 21.1 Å². The lowest BCUT2D eigenvalue weighted by Gasteiger charge is -2.14. The summed E-state index contributed by atoms with van der Waals surface area (Å²) in [7, 11) is 1.29. The van der Waals surface area contributed by atoms with Gasteiger partial charge in [-0.15, -0.1) is 5.10 Å². The summed E-state index contributed by atoms with van der Waals surface area (Å²) in [6, 6.07) is 6.34. The standard InChI is InChI=1S/C15H16ClN3O4/c1-3-23-14(20)12-9-19(18-17-12)13(15(21)22-2)8-10-4-6-11(16)7-5-10/h4-7,9,13H,3,8H2,1-2H3. The van der Waals surface area contributed by atoms with Crippen molar-refractivity contribution in [3.63, 3.8) is 0 Å². The molecule has 0 spiro atoms. The number of hydrogen-bond donors (Lipinski definition) is 0. The van der Waals surface area contributed by atoms with Gasteiger partial charge in [-0.3, -0.25) is 0 Å². The molecule has 8 heteroatoms. The summed E-state index contributed by atoms with van der Waals surface area (Å²) in [5.74, 6) is -1.07. The molecule has 0 aliphatic carbocycles. The highest BCUT2D eigenvalue weighted by Crippen LogP contribution is 2.18. The van der Waals surface area contributed by atoms with E-state index in [1.165, 1.54) is 18.0 Å². The van der Waals surface area contributed by atoms with Gasteiger partial charge in [0.1, 0.15) is 0 Å². The third-order valence-electron chi connectivity index (χ3n) is 3.13. The van der Waals surface area contributed by atoms with Gasteiger partial charge in [-0.2, -0.15) is 0 Å². The fourth-order valence-corrected chi connectivity index (χ4v) is 2.12. The van der Waals surface area contributed by atoms with Crippen LogP contribution in [0.15, 0.2) is 30.5 Å². The quantitative estimate of drug-likeness (QED) is 0.750. The van der Waals surface area contributed by atoms with E-state index in [0.29, 0.717) is 11.4 Å². The van der Waals surface area contributed by atoms with Crippen LogP contribution in [0.4, 0.5) is 0 Å². The summed E-state index contributed by atoms with van der Waals surface area (Å²) in [6.45, 7) is 1.93. The van der Waals surface area contributed by atoms with E-state index < -0.39 is 18.0 Å². The van der Waals surface area contributed by atoms with E-state index >= 15 is 0 Å². The van der Waals surface area contributed by atoms with E-state index in [0.717, 1.165) is 5.56 Å². The van der Waals surface area contributed by atoms with Crippen LogP contribution in [0.25, 0.3) is 0 Å². The van der Waals surface area contributed by atoms with E-state index in [-0.39, 0.29) is 12.3 Å². The van der Waals surface area contributed by atoms with Crippen LogP contribution < -0.4 is 0 Å². The van der Waals surface area contributed by atoms with Gasteiger partial charge in [-0.1, -0.05) is 28.9 Å². The number of rotatable bonds is 6. The molecule has 2 rings (SSSR count). The van der Waals surface area contributed by atoms with Crippen molar-refractivity contribution in [2.45, 2.75) is 19.4 Å². The largest absolute Gasteiger partial charge is 0.467 e. The maximum Gasteiger partial charge on any atom is 0.360 e. The minimum Gasteiger partial charge on any atom is -0.467 e. The van der Waals surface area contributed by atoms with Crippen molar-refractivity contribution in [2.75, 3.05) is 13.7 Å². The molecule has 1 aromatic carbocycles. The van der Waals surface area contributed by atoms with Crippen LogP contribution in [0, 0.1) is 0 Å². The Bertz CT molecular complexity index is 684. The molecule has 23 heavy (non-hydrogen) atoms. The van der Waals surface area contributed by atoms with E-state index in [1.54, 1.807) is 19.1 Å². The van der Waals surface area contributed by atoms with Crippen molar-refractivity contribution >= 4 is 23.5 Å². The van der Waals surface area contributed by atoms with E-state index in [2.05, 4.69) is 10.3 Å². The predicted octanol–water partition coefficient (Wildman–Crippen LogP) is 2.06. The molecule has 7 nitrogen and oxygen atoms in total. The third kappa shape index (κ3) is 4.29. The molecule has 0 bridgehead atoms. The maximum atomic E-state index is 12.0. The molecule has 122 valence electrons. The summed E-state index contributed by atoms with van der Waals surface area (Å²) in [5, 5.41) is 8.18. The summed E-state index contributed by atoms with van der Waals surface area (Å²) in [5.41, 5.74) is 0.912. The molecular formula is C15H16ClN3O4. The first-order valence-electron chi connectivity index (χ1n) is 6.96. The van der Waals surface area contributed by atoms with Gasteiger partial charge >= 0.3 is 11.9 Å². The second kappa shape index (κ2) is 7.73. The van der Waals surface area contributed by atoms with Gasteiger partial charge in [0.2, 0.25) is 0 Å². The Kier molecular flexibility index (Phi) is 5.70. The SMILES string of the molecule is CCOC(=O)c1cn(C(Cc2ccc(Cl)cc2)C(=O)OC)nn1. The first-order chi connectivity index (χ1) is 11.0. The van der Waals surface area contributed by atoms with Gasteiger partial charge < -0.3 is 9.47 Å². The number of hydrogen-bond acceptors (Lipinski definition) is 6. The Morgan fingerprint density at radius 2 is 2.00 bits per heavy atom. The van der Waals surface area contributed by atoms with Crippen molar-refractivity contribution < 1.29 is 19.1 Å². The smallest absolute Gasteiger partial charge is 0.360 e. The summed E-state index contributed by atoms with van der Waals surface area (Å²) in [4.78, 5) is 23.7. The fraction of sp³-hybridized carbons (Fsp3) is 0.333. The van der Waals surface area contributed by atoms with Crippen LogP contribution in [0.2, 0.25) is 5.02 Å². The lowest BCUT2D eigenvalue weighted by Crippen LogP contribution is -2.23. The zero-order chi connectivity index (χ0) is 16.8. The Balaban J connectivity index is 2.23. The highest BCUT2D eigenvalue weighted by atomic mass is 35.5. The second-order valence-corrected chi connectivity index (χ2v) is 5.11. The molecule has 2 aromatic rings. The maximum absolute atomic E-state index is 12.0. The number of carbonyl (C=O) groups excluding carboxylic acids is 2. The lowest BCUT2D eigenvalue weighted by atomic mass is 10.1. The van der Waals surface area contributed by atoms with Gasteiger partial charge in [0.25, 0.3) is 0 Å². The van der Waals surface area contributed by atoms with Gasteiger partial charge in [-0.05, 0) is 24.6 Å². The molecule has 0 aliphatic heterocycles. The molecule has 1 atom stereocenters. The Hall–Kier alpha value is -2.41. The van der Waals surface area contributed by atoms with Crippen LogP contribution in [-0.2, 0) is 20.7 Å². The molecule has 1 heterocycles. The molecule has 0 aliphatic rings. The summed E-state index contributed by atoms with van der Waals surface area (Å²) < 4.78 is 11.0. The average Bonchev–Trinajstić information content (AvgIpc) is 3.03. The number of halogens is 1. The number of aromatic nitrogens is 3. The number of benzene rings is 1. The van der Waals surface area contributed by atoms with Crippen LogP contribution in [0.1, 0.15) is 29.0 Å². The number of ether oxygens (including phenoxy) is 2. The highest BCUT2D eigenvalue weighted by Gasteiger charge is 2.25. The molecule has 0 amide bonds. The number of nitrogens with zero attached hydrogens (tertiary/aromatic N) is 3. The molecule has 0 saturated heterocycles. The molecule has 1 aromatic heterocycles. The van der Waals surface area contributed by atoms with Gasteiger partial charge in [0.05, 0.1) is 19.9 Å². The molecule has 0 N–H and O–H groups in total. The van der Waals surface area contributed by atoms with E-state index in [9.17, 15) is 9.59 Å². The molecule has 1 unspecified atom stereocenters. The topological polar surface area (TPSA) is 83.3 Å². The van der Waals surface area contributed by atoms with Crippen molar-refractivity contribution in [2.24, 2.45) is 0 Å². The highest BCUT2D eigenvalue weighted by molar-refractivity contribution is 6.30. The zero-order valence-electron chi connectivity index (χ0n) is 12.7. The van der Waals surface area contributed by atoms with Crippen molar-refractivity contribution in [3.05, 3.63) is 46.7 Å². The van der Waals surface area contributed by atoms with Crippen LogP contribution in [0.3, 0.4) is 0 Å². The number of esters is 2. The Morgan fingerprint density at radius 1 is 1.30 bits per heavy atom. The lowest BCUT2D eigenvalue weighted by molar-refractivity contribution is -0.144. The third-order valence-corrected chi connectivity index (χ3v) is 3.38.